The number of halogens is 2. The summed E-state index contributed by atoms with van der Waals surface area (Å²) in [5.74, 6) is -0.878. The number of amides is 2. The Morgan fingerprint density at radius 1 is 0.921 bits per heavy atom. The highest BCUT2D eigenvalue weighted by Crippen LogP contribution is 2.27. The van der Waals surface area contributed by atoms with Gasteiger partial charge in [0.1, 0.15) is 12.6 Å². The van der Waals surface area contributed by atoms with Gasteiger partial charge in [0.2, 0.25) is 11.8 Å². The first-order chi connectivity index (χ1) is 18.1. The number of hydrogen-bond donors (Lipinski definition) is 1. The number of sulfonamides is 1. The Hall–Kier alpha value is -3.07. The van der Waals surface area contributed by atoms with Crippen LogP contribution in [0.2, 0.25) is 10.0 Å². The van der Waals surface area contributed by atoms with Crippen LogP contribution in [0.5, 0.6) is 0 Å². The molecule has 0 spiro atoms. The predicted octanol–water partition coefficient (Wildman–Crippen LogP) is 5.52. The van der Waals surface area contributed by atoms with E-state index in [0.717, 1.165) is 17.1 Å². The minimum Gasteiger partial charge on any atom is -0.354 e. The number of anilines is 1. The van der Waals surface area contributed by atoms with Gasteiger partial charge in [-0.2, -0.15) is 0 Å². The van der Waals surface area contributed by atoms with E-state index in [1.807, 2.05) is 6.92 Å². The molecule has 1 unspecified atom stereocenters. The summed E-state index contributed by atoms with van der Waals surface area (Å²) in [5.41, 5.74) is 0.941. The molecule has 202 valence electrons. The lowest BCUT2D eigenvalue weighted by molar-refractivity contribution is -0.139. The van der Waals surface area contributed by atoms with E-state index in [-0.39, 0.29) is 23.0 Å². The summed E-state index contributed by atoms with van der Waals surface area (Å²) in [5, 5.41) is 3.67. The largest absolute Gasteiger partial charge is 0.354 e. The lowest BCUT2D eigenvalue weighted by Gasteiger charge is -2.32. The summed E-state index contributed by atoms with van der Waals surface area (Å²) < 4.78 is 28.4. The maximum Gasteiger partial charge on any atom is 0.264 e. The van der Waals surface area contributed by atoms with Crippen molar-refractivity contribution in [1.29, 1.82) is 0 Å². The summed E-state index contributed by atoms with van der Waals surface area (Å²) in [6, 6.07) is 20.3. The molecule has 7 nitrogen and oxygen atoms in total. The molecule has 10 heteroatoms. The van der Waals surface area contributed by atoms with Crippen molar-refractivity contribution in [3.05, 3.63) is 94.5 Å². The second-order valence-electron chi connectivity index (χ2n) is 8.78. The molecule has 0 saturated heterocycles. The van der Waals surface area contributed by atoms with Crippen molar-refractivity contribution in [2.45, 2.75) is 44.2 Å². The highest BCUT2D eigenvalue weighted by molar-refractivity contribution is 7.92. The van der Waals surface area contributed by atoms with Gasteiger partial charge in [-0.15, -0.1) is 0 Å². The standard InChI is InChI=1S/C28H31Cl2N3O4S/c1-3-4-16-31-28(35)21(2)32(19-22-10-8-11-23(29)17-22)27(34)20-33(25-13-9-12-24(30)18-25)38(36,37)26-14-6-5-7-15-26/h5-15,17-18,21H,3-4,16,19-20H2,1-2H3,(H,31,35). The van der Waals surface area contributed by atoms with Gasteiger partial charge in [-0.1, -0.05) is 72.9 Å². The predicted molar refractivity (Wildman–Crippen MR) is 152 cm³/mol. The highest BCUT2D eigenvalue weighted by Gasteiger charge is 2.32. The zero-order valence-corrected chi connectivity index (χ0v) is 23.6. The lowest BCUT2D eigenvalue weighted by atomic mass is 10.1. The highest BCUT2D eigenvalue weighted by atomic mass is 35.5. The van der Waals surface area contributed by atoms with Crippen LogP contribution in [0.15, 0.2) is 83.8 Å². The fourth-order valence-electron chi connectivity index (χ4n) is 3.83. The fraction of sp³-hybridized carbons (Fsp3) is 0.286. The SMILES string of the molecule is CCCCNC(=O)C(C)N(Cc1cccc(Cl)c1)C(=O)CN(c1cccc(Cl)c1)S(=O)(=O)c1ccccc1. The number of benzene rings is 3. The molecular formula is C28H31Cl2N3O4S. The van der Waals surface area contributed by atoms with Crippen molar-refractivity contribution < 1.29 is 18.0 Å². The summed E-state index contributed by atoms with van der Waals surface area (Å²) in [6.45, 7) is 3.65. The number of rotatable bonds is 12. The number of unbranched alkanes of at least 4 members (excludes halogenated alkanes) is 1. The second-order valence-corrected chi connectivity index (χ2v) is 11.5. The average Bonchev–Trinajstić information content (AvgIpc) is 2.90. The van der Waals surface area contributed by atoms with E-state index < -0.39 is 28.5 Å². The van der Waals surface area contributed by atoms with E-state index in [4.69, 9.17) is 23.2 Å². The molecule has 0 bridgehead atoms. The van der Waals surface area contributed by atoms with Crippen LogP contribution in [0.25, 0.3) is 0 Å². The third kappa shape index (κ3) is 7.72. The van der Waals surface area contributed by atoms with E-state index in [1.165, 1.54) is 23.1 Å². The van der Waals surface area contributed by atoms with E-state index in [9.17, 15) is 18.0 Å². The molecule has 0 aliphatic heterocycles. The Kier molecular flexibility index (Phi) is 10.6. The zero-order valence-electron chi connectivity index (χ0n) is 21.3. The van der Waals surface area contributed by atoms with Crippen LogP contribution in [-0.4, -0.2) is 44.3 Å². The van der Waals surface area contributed by atoms with Crippen LogP contribution in [-0.2, 0) is 26.2 Å². The van der Waals surface area contributed by atoms with Crippen LogP contribution >= 0.6 is 23.2 Å². The number of nitrogens with zero attached hydrogens (tertiary/aromatic N) is 2. The maximum absolute atomic E-state index is 13.8. The van der Waals surface area contributed by atoms with E-state index in [1.54, 1.807) is 67.6 Å². The van der Waals surface area contributed by atoms with Crippen LogP contribution < -0.4 is 9.62 Å². The molecule has 0 aliphatic carbocycles. The molecule has 0 fully saturated rings. The van der Waals surface area contributed by atoms with Crippen molar-refractivity contribution in [1.82, 2.24) is 10.2 Å². The third-order valence-corrected chi connectivity index (χ3v) is 8.20. The van der Waals surface area contributed by atoms with Gasteiger partial charge in [-0.3, -0.25) is 13.9 Å². The van der Waals surface area contributed by atoms with Crippen LogP contribution in [0.1, 0.15) is 32.3 Å². The summed E-state index contributed by atoms with van der Waals surface area (Å²) in [6.07, 6.45) is 1.71. The van der Waals surface area contributed by atoms with E-state index >= 15 is 0 Å². The average molecular weight is 577 g/mol. The molecule has 3 aromatic rings. The van der Waals surface area contributed by atoms with Gasteiger partial charge in [-0.25, -0.2) is 8.42 Å². The summed E-state index contributed by atoms with van der Waals surface area (Å²) in [4.78, 5) is 28.2. The lowest BCUT2D eigenvalue weighted by Crippen LogP contribution is -2.51. The molecule has 2 amide bonds. The normalized spacial score (nSPS) is 12.0. The minimum absolute atomic E-state index is 0.0273. The Balaban J connectivity index is 1.99. The van der Waals surface area contributed by atoms with Crippen molar-refractivity contribution in [3.8, 4) is 0 Å². The van der Waals surface area contributed by atoms with Crippen LogP contribution in [0.4, 0.5) is 5.69 Å². The third-order valence-electron chi connectivity index (χ3n) is 5.95. The first kappa shape index (κ1) is 29.5. The molecule has 38 heavy (non-hydrogen) atoms. The van der Waals surface area contributed by atoms with E-state index in [2.05, 4.69) is 5.32 Å². The number of carbonyl (C=O) groups excluding carboxylic acids is 2. The second kappa shape index (κ2) is 13.6. The van der Waals surface area contributed by atoms with Gasteiger partial charge < -0.3 is 10.2 Å². The van der Waals surface area contributed by atoms with E-state index in [0.29, 0.717) is 22.2 Å². The molecular weight excluding hydrogens is 545 g/mol. The van der Waals surface area contributed by atoms with Crippen molar-refractivity contribution in [3.63, 3.8) is 0 Å². The first-order valence-electron chi connectivity index (χ1n) is 12.3. The van der Waals surface area contributed by atoms with Gasteiger partial charge >= 0.3 is 0 Å². The zero-order chi connectivity index (χ0) is 27.7. The summed E-state index contributed by atoms with van der Waals surface area (Å²) in [7, 11) is -4.14. The van der Waals surface area contributed by atoms with Gasteiger partial charge in [0.05, 0.1) is 10.6 Å². The Morgan fingerprint density at radius 2 is 1.58 bits per heavy atom. The summed E-state index contributed by atoms with van der Waals surface area (Å²) >= 11 is 12.3. The molecule has 0 aliphatic rings. The molecule has 0 aromatic heterocycles. The number of carbonyl (C=O) groups is 2. The Bertz CT molecular complexity index is 1350. The molecule has 1 N–H and O–H groups in total. The Labute approximate surface area is 234 Å². The van der Waals surface area contributed by atoms with Crippen LogP contribution in [0.3, 0.4) is 0 Å². The van der Waals surface area contributed by atoms with Crippen molar-refractivity contribution in [2.24, 2.45) is 0 Å². The fourth-order valence-corrected chi connectivity index (χ4v) is 5.65. The monoisotopic (exact) mass is 575 g/mol. The molecule has 3 rings (SSSR count). The van der Waals surface area contributed by atoms with Gasteiger partial charge in [0, 0.05) is 23.1 Å². The molecule has 0 heterocycles. The molecule has 3 aromatic carbocycles. The quantitative estimate of drug-likeness (QED) is 0.288. The number of hydrogen-bond acceptors (Lipinski definition) is 4. The van der Waals surface area contributed by atoms with Crippen molar-refractivity contribution >= 4 is 50.7 Å². The molecule has 1 atom stereocenters. The smallest absolute Gasteiger partial charge is 0.264 e. The maximum atomic E-state index is 13.8. The van der Waals surface area contributed by atoms with Gasteiger partial charge in [0.15, 0.2) is 0 Å². The topological polar surface area (TPSA) is 86.8 Å². The Morgan fingerprint density at radius 3 is 2.21 bits per heavy atom. The van der Waals surface area contributed by atoms with Gasteiger partial charge in [-0.05, 0) is 61.4 Å². The number of nitrogens with one attached hydrogen (secondary N) is 1. The van der Waals surface area contributed by atoms with Crippen molar-refractivity contribution in [2.75, 3.05) is 17.4 Å². The first-order valence-corrected chi connectivity index (χ1v) is 14.5. The van der Waals surface area contributed by atoms with Crippen LogP contribution in [0, 0.1) is 0 Å². The van der Waals surface area contributed by atoms with Gasteiger partial charge in [0.25, 0.3) is 10.0 Å². The molecule has 0 radical (unpaired) electrons. The molecule has 0 saturated carbocycles. The minimum atomic E-state index is -4.14.